The van der Waals surface area contributed by atoms with E-state index in [0.29, 0.717) is 26.3 Å². The van der Waals surface area contributed by atoms with Crippen LogP contribution in [0.25, 0.3) is 0 Å². The Hall–Kier alpha value is -1.73. The average Bonchev–Trinajstić information content (AvgIpc) is 2.52. The zero-order valence-corrected chi connectivity index (χ0v) is 14.3. The lowest BCUT2D eigenvalue weighted by atomic mass is 10.2. The maximum atomic E-state index is 12.3. The maximum absolute atomic E-state index is 12.3. The van der Waals surface area contributed by atoms with Gasteiger partial charge >= 0.3 is 6.09 Å². The fourth-order valence-corrected chi connectivity index (χ4v) is 2.34. The minimum Gasteiger partial charge on any atom is -0.444 e. The van der Waals surface area contributed by atoms with Crippen LogP contribution in [0.2, 0.25) is 0 Å². The van der Waals surface area contributed by atoms with Crippen LogP contribution >= 0.6 is 0 Å². The van der Waals surface area contributed by atoms with E-state index in [1.165, 1.54) is 0 Å². The summed E-state index contributed by atoms with van der Waals surface area (Å²) in [5.41, 5.74) is 0.369. The molecule has 1 amide bonds. The summed E-state index contributed by atoms with van der Waals surface area (Å²) in [6.07, 6.45) is 4.76. The molecule has 0 spiro atoms. The Morgan fingerprint density at radius 1 is 1.52 bits per heavy atom. The van der Waals surface area contributed by atoms with Gasteiger partial charge in [0.15, 0.2) is 0 Å². The highest BCUT2D eigenvalue weighted by Gasteiger charge is 2.31. The highest BCUT2D eigenvalue weighted by molar-refractivity contribution is 5.68. The van der Waals surface area contributed by atoms with Crippen molar-refractivity contribution in [2.75, 3.05) is 26.3 Å². The zero-order chi connectivity index (χ0) is 16.9. The SMILES string of the molecule is CC(NCC1COCCN1C(=O)OC(C)(C)C)c1cnccn1. The first-order chi connectivity index (χ1) is 10.9. The van der Waals surface area contributed by atoms with Gasteiger partial charge in [-0.3, -0.25) is 14.9 Å². The molecule has 7 heteroatoms. The van der Waals surface area contributed by atoms with E-state index in [9.17, 15) is 4.79 Å². The van der Waals surface area contributed by atoms with Gasteiger partial charge < -0.3 is 14.8 Å². The molecule has 0 saturated carbocycles. The second-order valence-corrected chi connectivity index (χ2v) is 6.66. The van der Waals surface area contributed by atoms with Crippen molar-refractivity contribution in [3.63, 3.8) is 0 Å². The van der Waals surface area contributed by atoms with E-state index in [1.54, 1.807) is 23.5 Å². The maximum Gasteiger partial charge on any atom is 0.410 e. The molecule has 2 heterocycles. The van der Waals surface area contributed by atoms with E-state index in [0.717, 1.165) is 5.69 Å². The van der Waals surface area contributed by atoms with Gasteiger partial charge in [-0.1, -0.05) is 0 Å². The predicted molar refractivity (Wildman–Crippen MR) is 86.0 cm³/mol. The number of nitrogens with zero attached hydrogens (tertiary/aromatic N) is 3. The van der Waals surface area contributed by atoms with Gasteiger partial charge in [0.25, 0.3) is 0 Å². The van der Waals surface area contributed by atoms with E-state index in [2.05, 4.69) is 15.3 Å². The Balaban J connectivity index is 1.92. The molecule has 2 rings (SSSR count). The first kappa shape index (κ1) is 17.6. The van der Waals surface area contributed by atoms with Crippen LogP contribution in [-0.2, 0) is 9.47 Å². The quantitative estimate of drug-likeness (QED) is 0.910. The monoisotopic (exact) mass is 322 g/mol. The van der Waals surface area contributed by atoms with Crippen LogP contribution in [-0.4, -0.2) is 58.9 Å². The number of carbonyl (C=O) groups is 1. The Morgan fingerprint density at radius 3 is 2.96 bits per heavy atom. The number of carbonyl (C=O) groups excluding carboxylic acids is 1. The number of rotatable bonds is 4. The molecule has 0 bridgehead atoms. The summed E-state index contributed by atoms with van der Waals surface area (Å²) in [7, 11) is 0. The second-order valence-electron chi connectivity index (χ2n) is 6.66. The van der Waals surface area contributed by atoms with Gasteiger partial charge in [-0.15, -0.1) is 0 Å². The van der Waals surface area contributed by atoms with Crippen LogP contribution in [0.1, 0.15) is 39.4 Å². The molecule has 128 valence electrons. The number of aromatic nitrogens is 2. The van der Waals surface area contributed by atoms with Crippen molar-refractivity contribution >= 4 is 6.09 Å². The molecule has 23 heavy (non-hydrogen) atoms. The summed E-state index contributed by atoms with van der Waals surface area (Å²) in [6, 6.07) is -0.0103. The molecule has 1 fully saturated rings. The molecule has 1 saturated heterocycles. The van der Waals surface area contributed by atoms with Crippen LogP contribution in [0.3, 0.4) is 0 Å². The molecule has 1 N–H and O–H groups in total. The van der Waals surface area contributed by atoms with Crippen molar-refractivity contribution in [1.29, 1.82) is 0 Å². The number of ether oxygens (including phenoxy) is 2. The van der Waals surface area contributed by atoms with Gasteiger partial charge in [-0.2, -0.15) is 0 Å². The van der Waals surface area contributed by atoms with E-state index in [4.69, 9.17) is 9.47 Å². The summed E-state index contributed by atoms with van der Waals surface area (Å²) >= 11 is 0. The summed E-state index contributed by atoms with van der Waals surface area (Å²) in [5.74, 6) is 0. The molecule has 0 aromatic carbocycles. The normalized spacial score (nSPS) is 20.2. The lowest BCUT2D eigenvalue weighted by Crippen LogP contribution is -2.54. The molecule has 2 unspecified atom stereocenters. The minimum absolute atomic E-state index is 0.0473. The van der Waals surface area contributed by atoms with Crippen LogP contribution in [0.5, 0.6) is 0 Å². The first-order valence-electron chi connectivity index (χ1n) is 7.93. The predicted octanol–water partition coefficient (Wildman–Crippen LogP) is 1.76. The molecule has 7 nitrogen and oxygen atoms in total. The van der Waals surface area contributed by atoms with E-state index in [-0.39, 0.29) is 18.2 Å². The van der Waals surface area contributed by atoms with Gasteiger partial charge in [0.05, 0.1) is 24.9 Å². The highest BCUT2D eigenvalue weighted by atomic mass is 16.6. The standard InChI is InChI=1S/C16H26N4O3/c1-12(14-10-17-5-6-18-14)19-9-13-11-22-8-7-20(13)15(21)23-16(2,3)4/h5-6,10,12-13,19H,7-9,11H2,1-4H3. The topological polar surface area (TPSA) is 76.6 Å². The minimum atomic E-state index is -0.500. The number of hydrogen-bond donors (Lipinski definition) is 1. The van der Waals surface area contributed by atoms with Crippen molar-refractivity contribution in [1.82, 2.24) is 20.2 Å². The molecular formula is C16H26N4O3. The first-order valence-corrected chi connectivity index (χ1v) is 7.93. The number of amides is 1. The van der Waals surface area contributed by atoms with E-state index in [1.807, 2.05) is 27.7 Å². The smallest absolute Gasteiger partial charge is 0.410 e. The number of nitrogens with one attached hydrogen (secondary N) is 1. The Bertz CT molecular complexity index is 504. The molecule has 1 aromatic heterocycles. The summed E-state index contributed by atoms with van der Waals surface area (Å²) < 4.78 is 11.0. The largest absolute Gasteiger partial charge is 0.444 e. The lowest BCUT2D eigenvalue weighted by molar-refractivity contribution is -0.0321. The molecular weight excluding hydrogens is 296 g/mol. The molecule has 0 aliphatic carbocycles. The molecule has 1 aliphatic heterocycles. The van der Waals surface area contributed by atoms with Crippen LogP contribution in [0, 0.1) is 0 Å². The third-order valence-corrected chi connectivity index (χ3v) is 3.54. The summed E-state index contributed by atoms with van der Waals surface area (Å²) in [4.78, 5) is 22.4. The highest BCUT2D eigenvalue weighted by Crippen LogP contribution is 2.15. The van der Waals surface area contributed by atoms with Gasteiger partial charge in [0.2, 0.25) is 0 Å². The fraction of sp³-hybridized carbons (Fsp3) is 0.688. The molecule has 2 atom stereocenters. The fourth-order valence-electron chi connectivity index (χ4n) is 2.34. The number of morpholine rings is 1. The summed E-state index contributed by atoms with van der Waals surface area (Å²) in [6.45, 7) is 9.82. The third kappa shape index (κ3) is 5.44. The Morgan fingerprint density at radius 2 is 2.30 bits per heavy atom. The van der Waals surface area contributed by atoms with Crippen molar-refractivity contribution in [3.05, 3.63) is 24.3 Å². The molecule has 1 aliphatic rings. The lowest BCUT2D eigenvalue weighted by Gasteiger charge is -2.37. The van der Waals surface area contributed by atoms with Crippen molar-refractivity contribution in [2.45, 2.75) is 45.4 Å². The van der Waals surface area contributed by atoms with Gasteiger partial charge in [0, 0.05) is 37.7 Å². The average molecular weight is 322 g/mol. The molecule has 1 aromatic rings. The summed E-state index contributed by atoms with van der Waals surface area (Å²) in [5, 5.41) is 3.38. The van der Waals surface area contributed by atoms with E-state index < -0.39 is 5.60 Å². The second kappa shape index (κ2) is 7.70. The Kier molecular flexibility index (Phi) is 5.90. The third-order valence-electron chi connectivity index (χ3n) is 3.54. The van der Waals surface area contributed by atoms with Gasteiger partial charge in [0.1, 0.15) is 5.60 Å². The Labute approximate surface area is 137 Å². The van der Waals surface area contributed by atoms with Crippen molar-refractivity contribution in [2.24, 2.45) is 0 Å². The van der Waals surface area contributed by atoms with Crippen LogP contribution < -0.4 is 5.32 Å². The zero-order valence-electron chi connectivity index (χ0n) is 14.3. The van der Waals surface area contributed by atoms with Crippen LogP contribution in [0.15, 0.2) is 18.6 Å². The molecule has 0 radical (unpaired) electrons. The van der Waals surface area contributed by atoms with Gasteiger partial charge in [-0.05, 0) is 27.7 Å². The van der Waals surface area contributed by atoms with Gasteiger partial charge in [-0.25, -0.2) is 4.79 Å². The van der Waals surface area contributed by atoms with E-state index >= 15 is 0 Å². The van der Waals surface area contributed by atoms with Crippen molar-refractivity contribution in [3.8, 4) is 0 Å². The van der Waals surface area contributed by atoms with Crippen LogP contribution in [0.4, 0.5) is 4.79 Å². The number of hydrogen-bond acceptors (Lipinski definition) is 6. The van der Waals surface area contributed by atoms with Crippen molar-refractivity contribution < 1.29 is 14.3 Å².